The SMILES string of the molecule is Cc1ccc(NC(=O)N2CCN(c3cccc(C)c3C)CC2)cc1Cl. The van der Waals surface area contributed by atoms with Crippen LogP contribution < -0.4 is 10.2 Å². The molecule has 0 radical (unpaired) electrons. The minimum Gasteiger partial charge on any atom is -0.368 e. The zero-order valence-electron chi connectivity index (χ0n) is 15.0. The molecule has 25 heavy (non-hydrogen) atoms. The van der Waals surface area contributed by atoms with Crippen LogP contribution in [-0.2, 0) is 0 Å². The van der Waals surface area contributed by atoms with Crippen molar-refractivity contribution in [2.45, 2.75) is 20.8 Å². The molecule has 0 atom stereocenters. The second-order valence-corrected chi connectivity index (χ2v) is 6.99. The van der Waals surface area contributed by atoms with Crippen molar-refractivity contribution in [2.75, 3.05) is 36.4 Å². The molecule has 132 valence electrons. The van der Waals surface area contributed by atoms with Gasteiger partial charge in [0.1, 0.15) is 0 Å². The highest BCUT2D eigenvalue weighted by molar-refractivity contribution is 6.31. The standard InChI is InChI=1S/C20H24ClN3O/c1-14-5-4-6-19(16(14)3)23-9-11-24(12-10-23)20(25)22-17-8-7-15(2)18(21)13-17/h4-8,13H,9-12H2,1-3H3,(H,22,25). The number of urea groups is 1. The van der Waals surface area contributed by atoms with E-state index in [0.29, 0.717) is 18.1 Å². The van der Waals surface area contributed by atoms with Crippen LogP contribution in [-0.4, -0.2) is 37.1 Å². The highest BCUT2D eigenvalue weighted by Gasteiger charge is 2.22. The van der Waals surface area contributed by atoms with Gasteiger partial charge in [-0.1, -0.05) is 29.8 Å². The number of piperazine rings is 1. The predicted molar refractivity (Wildman–Crippen MR) is 105 cm³/mol. The van der Waals surface area contributed by atoms with E-state index in [2.05, 4.69) is 42.3 Å². The molecule has 0 aliphatic carbocycles. The van der Waals surface area contributed by atoms with Crippen molar-refractivity contribution in [3.8, 4) is 0 Å². The first-order valence-corrected chi connectivity index (χ1v) is 8.97. The number of carbonyl (C=O) groups is 1. The van der Waals surface area contributed by atoms with Gasteiger partial charge in [-0.05, 0) is 55.7 Å². The molecular formula is C20H24ClN3O. The van der Waals surface area contributed by atoms with Crippen LogP contribution in [0.3, 0.4) is 0 Å². The second kappa shape index (κ2) is 7.36. The Labute approximate surface area is 154 Å². The third-order valence-corrected chi connectivity index (χ3v) is 5.31. The predicted octanol–water partition coefficient (Wildman–Crippen LogP) is 4.62. The highest BCUT2D eigenvalue weighted by Crippen LogP contribution is 2.24. The molecule has 2 amide bonds. The summed E-state index contributed by atoms with van der Waals surface area (Å²) < 4.78 is 0. The van der Waals surface area contributed by atoms with E-state index in [9.17, 15) is 4.79 Å². The fourth-order valence-electron chi connectivity index (χ4n) is 3.10. The maximum absolute atomic E-state index is 12.5. The Hall–Kier alpha value is -2.20. The van der Waals surface area contributed by atoms with E-state index in [4.69, 9.17) is 11.6 Å². The largest absolute Gasteiger partial charge is 0.368 e. The number of benzene rings is 2. The summed E-state index contributed by atoms with van der Waals surface area (Å²) in [5.41, 5.74) is 5.62. The van der Waals surface area contributed by atoms with E-state index in [1.165, 1.54) is 16.8 Å². The molecule has 0 spiro atoms. The molecule has 3 rings (SSSR count). The van der Waals surface area contributed by atoms with Gasteiger partial charge in [-0.25, -0.2) is 4.79 Å². The van der Waals surface area contributed by atoms with Crippen molar-refractivity contribution >= 4 is 29.0 Å². The normalized spacial score (nSPS) is 14.6. The zero-order chi connectivity index (χ0) is 18.0. The molecule has 1 aliphatic heterocycles. The number of amides is 2. The third-order valence-electron chi connectivity index (χ3n) is 4.91. The minimum atomic E-state index is -0.0690. The first-order valence-electron chi connectivity index (χ1n) is 8.59. The monoisotopic (exact) mass is 357 g/mol. The van der Waals surface area contributed by atoms with Gasteiger partial charge in [-0.2, -0.15) is 0 Å². The number of hydrogen-bond acceptors (Lipinski definition) is 2. The van der Waals surface area contributed by atoms with Crippen LogP contribution in [0.25, 0.3) is 0 Å². The number of halogens is 1. The first-order chi connectivity index (χ1) is 12.0. The number of carbonyl (C=O) groups excluding carboxylic acids is 1. The van der Waals surface area contributed by atoms with Gasteiger partial charge < -0.3 is 15.1 Å². The summed E-state index contributed by atoms with van der Waals surface area (Å²) in [4.78, 5) is 16.7. The summed E-state index contributed by atoms with van der Waals surface area (Å²) >= 11 is 6.13. The summed E-state index contributed by atoms with van der Waals surface area (Å²) in [5.74, 6) is 0. The molecule has 4 nitrogen and oxygen atoms in total. The number of anilines is 2. The average Bonchev–Trinajstić information content (AvgIpc) is 2.61. The third kappa shape index (κ3) is 3.90. The van der Waals surface area contributed by atoms with Gasteiger partial charge in [0.25, 0.3) is 0 Å². The summed E-state index contributed by atoms with van der Waals surface area (Å²) in [5, 5.41) is 3.60. The number of hydrogen-bond donors (Lipinski definition) is 1. The number of nitrogens with zero attached hydrogens (tertiary/aromatic N) is 2. The molecule has 0 unspecified atom stereocenters. The zero-order valence-corrected chi connectivity index (χ0v) is 15.7. The summed E-state index contributed by atoms with van der Waals surface area (Å²) in [6.45, 7) is 9.33. The molecule has 0 bridgehead atoms. The molecule has 5 heteroatoms. The smallest absolute Gasteiger partial charge is 0.321 e. The molecule has 1 heterocycles. The van der Waals surface area contributed by atoms with E-state index in [1.54, 1.807) is 6.07 Å². The Bertz CT molecular complexity index is 783. The summed E-state index contributed by atoms with van der Waals surface area (Å²) in [6, 6.07) is 11.9. The Morgan fingerprint density at radius 3 is 2.40 bits per heavy atom. The second-order valence-electron chi connectivity index (χ2n) is 6.59. The van der Waals surface area contributed by atoms with E-state index in [0.717, 1.165) is 24.3 Å². The topological polar surface area (TPSA) is 35.6 Å². The molecule has 0 aromatic heterocycles. The van der Waals surface area contributed by atoms with Crippen molar-refractivity contribution in [3.63, 3.8) is 0 Å². The molecule has 1 fully saturated rings. The van der Waals surface area contributed by atoms with Gasteiger partial charge in [0, 0.05) is 42.6 Å². The molecule has 0 saturated carbocycles. The van der Waals surface area contributed by atoms with Crippen molar-refractivity contribution in [1.29, 1.82) is 0 Å². The van der Waals surface area contributed by atoms with Crippen LogP contribution in [0.15, 0.2) is 36.4 Å². The van der Waals surface area contributed by atoms with Crippen LogP contribution >= 0.6 is 11.6 Å². The van der Waals surface area contributed by atoms with E-state index in [1.807, 2.05) is 24.0 Å². The fraction of sp³-hybridized carbons (Fsp3) is 0.350. The van der Waals surface area contributed by atoms with E-state index in [-0.39, 0.29) is 6.03 Å². The molecule has 1 saturated heterocycles. The Balaban J connectivity index is 1.60. The van der Waals surface area contributed by atoms with Gasteiger partial charge in [0.15, 0.2) is 0 Å². The molecule has 1 N–H and O–H groups in total. The Kier molecular flexibility index (Phi) is 5.19. The molecule has 2 aromatic rings. The average molecular weight is 358 g/mol. The first kappa shape index (κ1) is 17.6. The van der Waals surface area contributed by atoms with Gasteiger partial charge in [0.05, 0.1) is 0 Å². The molecule has 1 aliphatic rings. The summed E-state index contributed by atoms with van der Waals surface area (Å²) in [7, 11) is 0. The maximum Gasteiger partial charge on any atom is 0.321 e. The quantitative estimate of drug-likeness (QED) is 0.851. The Morgan fingerprint density at radius 1 is 1.00 bits per heavy atom. The number of nitrogens with one attached hydrogen (secondary N) is 1. The fourth-order valence-corrected chi connectivity index (χ4v) is 3.28. The van der Waals surface area contributed by atoms with Crippen molar-refractivity contribution in [2.24, 2.45) is 0 Å². The van der Waals surface area contributed by atoms with E-state index < -0.39 is 0 Å². The van der Waals surface area contributed by atoms with Crippen LogP contribution in [0, 0.1) is 20.8 Å². The van der Waals surface area contributed by atoms with Crippen LogP contribution in [0.4, 0.5) is 16.2 Å². The lowest BCUT2D eigenvalue weighted by atomic mass is 10.1. The van der Waals surface area contributed by atoms with Crippen LogP contribution in [0.5, 0.6) is 0 Å². The van der Waals surface area contributed by atoms with Crippen molar-refractivity contribution in [1.82, 2.24) is 4.90 Å². The lowest BCUT2D eigenvalue weighted by molar-refractivity contribution is 0.208. The lowest BCUT2D eigenvalue weighted by Gasteiger charge is -2.37. The molecular weight excluding hydrogens is 334 g/mol. The van der Waals surface area contributed by atoms with Gasteiger partial charge >= 0.3 is 6.03 Å². The van der Waals surface area contributed by atoms with Crippen molar-refractivity contribution in [3.05, 3.63) is 58.1 Å². The minimum absolute atomic E-state index is 0.0690. The lowest BCUT2D eigenvalue weighted by Crippen LogP contribution is -2.50. The van der Waals surface area contributed by atoms with Gasteiger partial charge in [-0.15, -0.1) is 0 Å². The van der Waals surface area contributed by atoms with Crippen LogP contribution in [0.1, 0.15) is 16.7 Å². The van der Waals surface area contributed by atoms with E-state index >= 15 is 0 Å². The summed E-state index contributed by atoms with van der Waals surface area (Å²) in [6.07, 6.45) is 0. The Morgan fingerprint density at radius 2 is 1.72 bits per heavy atom. The molecule has 2 aromatic carbocycles. The highest BCUT2D eigenvalue weighted by atomic mass is 35.5. The van der Waals surface area contributed by atoms with Crippen molar-refractivity contribution < 1.29 is 4.79 Å². The number of aryl methyl sites for hydroxylation is 2. The van der Waals surface area contributed by atoms with Crippen LogP contribution in [0.2, 0.25) is 5.02 Å². The number of rotatable bonds is 2. The van der Waals surface area contributed by atoms with Gasteiger partial charge in [0.2, 0.25) is 0 Å². The maximum atomic E-state index is 12.5. The van der Waals surface area contributed by atoms with Gasteiger partial charge in [-0.3, -0.25) is 0 Å².